The molecule has 0 fully saturated rings. The number of rotatable bonds is 2. The first-order valence-corrected chi connectivity index (χ1v) is 7.39. The van der Waals surface area contributed by atoms with E-state index in [9.17, 15) is 5.11 Å². The van der Waals surface area contributed by atoms with Crippen molar-refractivity contribution in [2.45, 2.75) is 29.7 Å². The van der Waals surface area contributed by atoms with Gasteiger partial charge < -0.3 is 10.0 Å². The van der Waals surface area contributed by atoms with Crippen molar-refractivity contribution >= 4 is 23.1 Å². The lowest BCUT2D eigenvalue weighted by Gasteiger charge is -2.34. The molecule has 3 rings (SSSR count). The number of hydrogen-bond donors (Lipinski definition) is 1. The third-order valence-electron chi connectivity index (χ3n) is 3.44. The van der Waals surface area contributed by atoms with Crippen LogP contribution in [0.2, 0.25) is 0 Å². The predicted octanol–water partition coefficient (Wildman–Crippen LogP) is 4.36. The molecular weight excluding hydrogens is 254 g/mol. The number of anilines is 2. The fourth-order valence-corrected chi connectivity index (χ4v) is 3.72. The standard InChI is InChI=1S/C16H17NOS/c1-3-17-13-8-4-5-9-14(13)19-15-10-6-7-12(11(2)18)16(15)17/h4-11,18H,3H2,1-2H3/t11-/m1/s1. The third kappa shape index (κ3) is 2.03. The van der Waals surface area contributed by atoms with Gasteiger partial charge in [0.1, 0.15) is 0 Å². The van der Waals surface area contributed by atoms with Crippen molar-refractivity contribution in [3.8, 4) is 0 Å². The lowest BCUT2D eigenvalue weighted by Crippen LogP contribution is -2.22. The summed E-state index contributed by atoms with van der Waals surface area (Å²) in [6, 6.07) is 14.6. The smallest absolute Gasteiger partial charge is 0.0782 e. The highest BCUT2D eigenvalue weighted by molar-refractivity contribution is 7.99. The first kappa shape index (κ1) is 12.6. The van der Waals surface area contributed by atoms with Gasteiger partial charge in [-0.05, 0) is 32.0 Å². The Hall–Kier alpha value is -1.45. The van der Waals surface area contributed by atoms with Crippen molar-refractivity contribution in [1.82, 2.24) is 0 Å². The minimum Gasteiger partial charge on any atom is -0.389 e. The predicted molar refractivity (Wildman–Crippen MR) is 80.3 cm³/mol. The summed E-state index contributed by atoms with van der Waals surface area (Å²) < 4.78 is 0. The van der Waals surface area contributed by atoms with Crippen LogP contribution in [-0.2, 0) is 0 Å². The lowest BCUT2D eigenvalue weighted by molar-refractivity contribution is 0.199. The van der Waals surface area contributed by atoms with Gasteiger partial charge in [0.2, 0.25) is 0 Å². The van der Waals surface area contributed by atoms with E-state index >= 15 is 0 Å². The van der Waals surface area contributed by atoms with Gasteiger partial charge in [0.25, 0.3) is 0 Å². The van der Waals surface area contributed by atoms with Crippen molar-refractivity contribution in [2.24, 2.45) is 0 Å². The Labute approximate surface area is 118 Å². The topological polar surface area (TPSA) is 23.5 Å². The molecule has 0 unspecified atom stereocenters. The molecule has 0 radical (unpaired) electrons. The maximum atomic E-state index is 10.0. The second-order valence-corrected chi connectivity index (χ2v) is 5.77. The summed E-state index contributed by atoms with van der Waals surface area (Å²) in [5, 5.41) is 10.0. The van der Waals surface area contributed by atoms with Crippen LogP contribution in [0, 0.1) is 0 Å². The van der Waals surface area contributed by atoms with Gasteiger partial charge in [-0.15, -0.1) is 0 Å². The van der Waals surface area contributed by atoms with Crippen LogP contribution in [-0.4, -0.2) is 11.7 Å². The molecule has 1 atom stereocenters. The van der Waals surface area contributed by atoms with Crippen LogP contribution in [0.25, 0.3) is 0 Å². The quantitative estimate of drug-likeness (QED) is 0.877. The fourth-order valence-electron chi connectivity index (χ4n) is 2.58. The SMILES string of the molecule is CCN1c2ccccc2Sc2cccc([C@@H](C)O)c21. The normalized spacial score (nSPS) is 14.8. The molecule has 0 spiro atoms. The highest BCUT2D eigenvalue weighted by Gasteiger charge is 2.25. The highest BCUT2D eigenvalue weighted by atomic mass is 32.2. The molecule has 3 heteroatoms. The summed E-state index contributed by atoms with van der Waals surface area (Å²) >= 11 is 1.78. The second-order valence-electron chi connectivity index (χ2n) is 4.68. The van der Waals surface area contributed by atoms with E-state index in [0.717, 1.165) is 17.8 Å². The van der Waals surface area contributed by atoms with Crippen molar-refractivity contribution in [3.63, 3.8) is 0 Å². The summed E-state index contributed by atoms with van der Waals surface area (Å²) in [5.74, 6) is 0. The van der Waals surface area contributed by atoms with E-state index in [1.807, 2.05) is 19.1 Å². The number of para-hydroxylation sites is 2. The largest absolute Gasteiger partial charge is 0.389 e. The molecule has 0 amide bonds. The Morgan fingerprint density at radius 3 is 2.58 bits per heavy atom. The highest BCUT2D eigenvalue weighted by Crippen LogP contribution is 2.50. The third-order valence-corrected chi connectivity index (χ3v) is 4.56. The average Bonchev–Trinajstić information content (AvgIpc) is 2.43. The Bertz CT molecular complexity index is 609. The zero-order valence-corrected chi connectivity index (χ0v) is 11.9. The van der Waals surface area contributed by atoms with Gasteiger partial charge in [0.15, 0.2) is 0 Å². The number of nitrogens with zero attached hydrogens (tertiary/aromatic N) is 1. The van der Waals surface area contributed by atoms with Crippen LogP contribution in [0.15, 0.2) is 52.3 Å². The molecule has 0 saturated carbocycles. The fraction of sp³-hybridized carbons (Fsp3) is 0.250. The monoisotopic (exact) mass is 271 g/mol. The van der Waals surface area contributed by atoms with Gasteiger partial charge in [-0.25, -0.2) is 0 Å². The van der Waals surface area contributed by atoms with E-state index in [-0.39, 0.29) is 0 Å². The molecule has 2 nitrogen and oxygen atoms in total. The van der Waals surface area contributed by atoms with E-state index in [0.29, 0.717) is 0 Å². The molecule has 0 bridgehead atoms. The van der Waals surface area contributed by atoms with E-state index in [4.69, 9.17) is 0 Å². The zero-order valence-electron chi connectivity index (χ0n) is 11.1. The average molecular weight is 271 g/mol. The van der Waals surface area contributed by atoms with Crippen LogP contribution in [0.1, 0.15) is 25.5 Å². The summed E-state index contributed by atoms with van der Waals surface area (Å²) in [6.45, 7) is 4.87. The number of aliphatic hydroxyl groups excluding tert-OH is 1. The first-order chi connectivity index (χ1) is 9.22. The minimum atomic E-state index is -0.449. The second kappa shape index (κ2) is 4.91. The number of fused-ring (bicyclic) bond motifs is 2. The van der Waals surface area contributed by atoms with Crippen LogP contribution >= 0.6 is 11.8 Å². The van der Waals surface area contributed by atoms with Crippen molar-refractivity contribution in [2.75, 3.05) is 11.4 Å². The van der Waals surface area contributed by atoms with Gasteiger partial charge in [0, 0.05) is 21.9 Å². The molecule has 1 aliphatic heterocycles. The molecule has 2 aromatic rings. The van der Waals surface area contributed by atoms with E-state index < -0.39 is 6.10 Å². The van der Waals surface area contributed by atoms with Gasteiger partial charge in [-0.2, -0.15) is 0 Å². The Morgan fingerprint density at radius 1 is 1.11 bits per heavy atom. The van der Waals surface area contributed by atoms with Crippen molar-refractivity contribution in [1.29, 1.82) is 0 Å². The van der Waals surface area contributed by atoms with Crippen LogP contribution in [0.5, 0.6) is 0 Å². The first-order valence-electron chi connectivity index (χ1n) is 6.57. The molecular formula is C16H17NOS. The van der Waals surface area contributed by atoms with Gasteiger partial charge in [-0.1, -0.05) is 36.0 Å². The molecule has 1 aliphatic rings. The molecule has 1 N–H and O–H groups in total. The van der Waals surface area contributed by atoms with E-state index in [1.54, 1.807) is 11.8 Å². The molecule has 0 aromatic heterocycles. The van der Waals surface area contributed by atoms with Gasteiger partial charge in [-0.3, -0.25) is 0 Å². The summed E-state index contributed by atoms with van der Waals surface area (Å²) in [4.78, 5) is 4.79. The summed E-state index contributed by atoms with van der Waals surface area (Å²) in [5.41, 5.74) is 3.39. The van der Waals surface area contributed by atoms with Gasteiger partial charge >= 0.3 is 0 Å². The minimum absolute atomic E-state index is 0.449. The summed E-state index contributed by atoms with van der Waals surface area (Å²) in [6.07, 6.45) is -0.449. The van der Waals surface area contributed by atoms with Crippen LogP contribution in [0.3, 0.4) is 0 Å². The zero-order chi connectivity index (χ0) is 13.4. The lowest BCUT2D eigenvalue weighted by atomic mass is 10.1. The maximum Gasteiger partial charge on any atom is 0.0782 e. The number of hydrogen-bond acceptors (Lipinski definition) is 3. The molecule has 0 aliphatic carbocycles. The maximum absolute atomic E-state index is 10.0. The van der Waals surface area contributed by atoms with E-state index in [2.05, 4.69) is 42.2 Å². The summed E-state index contributed by atoms with van der Waals surface area (Å²) in [7, 11) is 0. The molecule has 2 aromatic carbocycles. The molecule has 1 heterocycles. The van der Waals surface area contributed by atoms with Crippen LogP contribution in [0.4, 0.5) is 11.4 Å². The Balaban J connectivity index is 2.22. The van der Waals surface area contributed by atoms with Crippen LogP contribution < -0.4 is 4.90 Å². The molecule has 98 valence electrons. The van der Waals surface area contributed by atoms with Crippen molar-refractivity contribution < 1.29 is 5.11 Å². The van der Waals surface area contributed by atoms with Crippen molar-refractivity contribution in [3.05, 3.63) is 48.0 Å². The van der Waals surface area contributed by atoms with E-state index in [1.165, 1.54) is 15.5 Å². The Kier molecular flexibility index (Phi) is 3.25. The molecule has 19 heavy (non-hydrogen) atoms. The van der Waals surface area contributed by atoms with Gasteiger partial charge in [0.05, 0.1) is 17.5 Å². The molecule has 0 saturated heterocycles. The Morgan fingerprint density at radius 2 is 1.84 bits per heavy atom. The number of aliphatic hydroxyl groups is 1. The number of benzene rings is 2.